The van der Waals surface area contributed by atoms with E-state index in [1.54, 1.807) is 24.4 Å². The van der Waals surface area contributed by atoms with Gasteiger partial charge in [0.1, 0.15) is 11.3 Å². The highest BCUT2D eigenvalue weighted by Gasteiger charge is 2.42. The van der Waals surface area contributed by atoms with Crippen molar-refractivity contribution in [3.05, 3.63) is 99.6 Å². The van der Waals surface area contributed by atoms with Crippen molar-refractivity contribution in [2.45, 2.75) is 25.9 Å². The number of halogens is 7. The quantitative estimate of drug-likeness (QED) is 0.353. The molecule has 168 valence electrons. The number of alkyl halides is 3. The second kappa shape index (κ2) is 9.02. The van der Waals surface area contributed by atoms with E-state index in [9.17, 15) is 35.5 Å². The second-order valence-electron chi connectivity index (χ2n) is 7.15. The van der Waals surface area contributed by atoms with Crippen molar-refractivity contribution in [1.29, 1.82) is 0 Å². The van der Waals surface area contributed by atoms with Gasteiger partial charge in [-0.1, -0.05) is 48.5 Å². The van der Waals surface area contributed by atoms with Crippen LogP contribution >= 0.6 is 0 Å². The first kappa shape index (κ1) is 23.3. The number of carbonyl (C=O) groups excluding carboxylic acids is 1. The Kier molecular flexibility index (Phi) is 6.57. The lowest BCUT2D eigenvalue weighted by Crippen LogP contribution is -2.21. The van der Waals surface area contributed by atoms with Gasteiger partial charge in [-0.15, -0.1) is 0 Å². The van der Waals surface area contributed by atoms with Crippen LogP contribution in [0.3, 0.4) is 0 Å². The van der Waals surface area contributed by atoms with Crippen LogP contribution in [0.2, 0.25) is 0 Å². The number of rotatable bonds is 5. The number of amides is 1. The van der Waals surface area contributed by atoms with Crippen LogP contribution in [0.4, 0.5) is 36.4 Å². The van der Waals surface area contributed by atoms with Crippen molar-refractivity contribution in [1.82, 2.24) is 0 Å². The fourth-order valence-corrected chi connectivity index (χ4v) is 3.20. The summed E-state index contributed by atoms with van der Waals surface area (Å²) >= 11 is 0. The first-order valence-electron chi connectivity index (χ1n) is 9.34. The molecule has 0 aliphatic carbocycles. The summed E-state index contributed by atoms with van der Waals surface area (Å²) in [6.07, 6.45) is -5.53. The largest absolute Gasteiger partial charge is 0.422 e. The zero-order valence-corrected chi connectivity index (χ0v) is 16.6. The number of hydrogen-bond donors (Lipinski definition) is 1. The molecule has 0 unspecified atom stereocenters. The van der Waals surface area contributed by atoms with Crippen molar-refractivity contribution in [2.75, 3.05) is 5.32 Å². The number of anilines is 1. The second-order valence-corrected chi connectivity index (χ2v) is 7.15. The standard InChI is InChI=1S/C23H16F7NO/c1-12-7-8-14(9-13-5-3-2-4-6-13)10-15(12)11-16(32)31-22-20(26)18(24)17(23(28,29)30)19(25)21(22)27/h2-8,10H,9,11H2,1H3,(H,31,32). The highest BCUT2D eigenvalue weighted by molar-refractivity contribution is 5.92. The lowest BCUT2D eigenvalue weighted by Gasteiger charge is -2.15. The van der Waals surface area contributed by atoms with Crippen LogP contribution in [0, 0.1) is 30.2 Å². The minimum atomic E-state index is -5.66. The maximum atomic E-state index is 14.0. The molecule has 2 nitrogen and oxygen atoms in total. The van der Waals surface area contributed by atoms with Crippen LogP contribution in [0.15, 0.2) is 48.5 Å². The molecule has 0 radical (unpaired) electrons. The first-order chi connectivity index (χ1) is 15.0. The van der Waals surface area contributed by atoms with Gasteiger partial charge in [-0.25, -0.2) is 17.6 Å². The summed E-state index contributed by atoms with van der Waals surface area (Å²) < 4.78 is 93.6. The molecule has 0 saturated heterocycles. The van der Waals surface area contributed by atoms with Gasteiger partial charge < -0.3 is 5.32 Å². The maximum Gasteiger partial charge on any atom is 0.422 e. The first-order valence-corrected chi connectivity index (χ1v) is 9.34. The summed E-state index contributed by atoms with van der Waals surface area (Å²) in [5.74, 6) is -11.0. The lowest BCUT2D eigenvalue weighted by atomic mass is 9.98. The normalized spacial score (nSPS) is 11.5. The van der Waals surface area contributed by atoms with E-state index in [4.69, 9.17) is 0 Å². The van der Waals surface area contributed by atoms with Crippen LogP contribution in [0.1, 0.15) is 27.8 Å². The maximum absolute atomic E-state index is 14.0. The zero-order valence-electron chi connectivity index (χ0n) is 16.6. The Morgan fingerprint density at radius 3 is 2.00 bits per heavy atom. The predicted octanol–water partition coefficient (Wildman–Crippen LogP) is 6.34. The van der Waals surface area contributed by atoms with Gasteiger partial charge in [-0.2, -0.15) is 13.2 Å². The monoisotopic (exact) mass is 455 g/mol. The number of aryl methyl sites for hydroxylation is 1. The molecule has 0 aliphatic rings. The van der Waals surface area contributed by atoms with Gasteiger partial charge >= 0.3 is 6.18 Å². The van der Waals surface area contributed by atoms with Crippen LogP contribution in [-0.2, 0) is 23.8 Å². The van der Waals surface area contributed by atoms with Crippen LogP contribution < -0.4 is 5.32 Å². The van der Waals surface area contributed by atoms with Crippen molar-refractivity contribution in [3.63, 3.8) is 0 Å². The Bertz CT molecular complexity index is 1130. The Balaban J connectivity index is 1.84. The Morgan fingerprint density at radius 1 is 0.844 bits per heavy atom. The van der Waals surface area contributed by atoms with E-state index in [1.165, 1.54) is 0 Å². The molecule has 0 heterocycles. The van der Waals surface area contributed by atoms with Gasteiger partial charge in [0, 0.05) is 0 Å². The zero-order chi connectivity index (χ0) is 23.6. The van der Waals surface area contributed by atoms with Gasteiger partial charge in [0.2, 0.25) is 5.91 Å². The summed E-state index contributed by atoms with van der Waals surface area (Å²) in [7, 11) is 0. The number of carbonyl (C=O) groups is 1. The molecule has 3 aromatic carbocycles. The van der Waals surface area contributed by atoms with Gasteiger partial charge in [0.15, 0.2) is 23.3 Å². The topological polar surface area (TPSA) is 29.1 Å². The fraction of sp³-hybridized carbons (Fsp3) is 0.174. The van der Waals surface area contributed by atoms with E-state index < -0.39 is 53.0 Å². The molecule has 1 N–H and O–H groups in total. The van der Waals surface area contributed by atoms with Crippen molar-refractivity contribution in [3.8, 4) is 0 Å². The molecule has 32 heavy (non-hydrogen) atoms. The molecule has 0 saturated carbocycles. The highest BCUT2D eigenvalue weighted by Crippen LogP contribution is 2.38. The third-order valence-corrected chi connectivity index (χ3v) is 4.83. The molecule has 3 rings (SSSR count). The highest BCUT2D eigenvalue weighted by atomic mass is 19.4. The van der Waals surface area contributed by atoms with Crippen molar-refractivity contribution < 1.29 is 35.5 Å². The minimum Gasteiger partial charge on any atom is -0.321 e. The molecule has 1 amide bonds. The van der Waals surface area contributed by atoms with E-state index >= 15 is 0 Å². The summed E-state index contributed by atoms with van der Waals surface area (Å²) in [6, 6.07) is 14.7. The van der Waals surface area contributed by atoms with Crippen LogP contribution in [0.5, 0.6) is 0 Å². The summed E-state index contributed by atoms with van der Waals surface area (Å²) in [5, 5.41) is 1.65. The van der Waals surface area contributed by atoms with E-state index in [-0.39, 0.29) is 0 Å². The molecule has 0 fully saturated rings. The fourth-order valence-electron chi connectivity index (χ4n) is 3.20. The van der Waals surface area contributed by atoms with E-state index in [1.807, 2.05) is 36.4 Å². The molecule has 0 atom stereocenters. The molecule has 0 aliphatic heterocycles. The van der Waals surface area contributed by atoms with Crippen LogP contribution in [0.25, 0.3) is 0 Å². The molecular weight excluding hydrogens is 439 g/mol. The summed E-state index contributed by atoms with van der Waals surface area (Å²) in [6.45, 7) is 1.69. The smallest absolute Gasteiger partial charge is 0.321 e. The van der Waals surface area contributed by atoms with Gasteiger partial charge in [-0.05, 0) is 35.6 Å². The molecular formula is C23H16F7NO. The molecule has 9 heteroatoms. The van der Waals surface area contributed by atoms with Gasteiger partial charge in [-0.3, -0.25) is 4.79 Å². The number of hydrogen-bond acceptors (Lipinski definition) is 1. The number of nitrogens with one attached hydrogen (secondary N) is 1. The third-order valence-electron chi connectivity index (χ3n) is 4.83. The van der Waals surface area contributed by atoms with Crippen molar-refractivity contribution >= 4 is 11.6 Å². The van der Waals surface area contributed by atoms with Crippen molar-refractivity contribution in [2.24, 2.45) is 0 Å². The molecule has 3 aromatic rings. The minimum absolute atomic E-state index is 0.419. The SMILES string of the molecule is Cc1ccc(Cc2ccccc2)cc1CC(=O)Nc1c(F)c(F)c(C(F)(F)F)c(F)c1F. The van der Waals surface area contributed by atoms with Gasteiger partial charge in [0.05, 0.1) is 6.42 Å². The average molecular weight is 455 g/mol. The molecule has 0 spiro atoms. The predicted molar refractivity (Wildman–Crippen MR) is 104 cm³/mol. The Labute approximate surface area is 178 Å². The Morgan fingerprint density at radius 2 is 1.44 bits per heavy atom. The molecule has 0 bridgehead atoms. The Hall–Kier alpha value is -3.36. The summed E-state index contributed by atoms with van der Waals surface area (Å²) in [5.41, 5.74) is -1.32. The average Bonchev–Trinajstić information content (AvgIpc) is 2.72. The van der Waals surface area contributed by atoms with Gasteiger partial charge in [0.25, 0.3) is 0 Å². The summed E-state index contributed by atoms with van der Waals surface area (Å²) in [4.78, 5) is 12.3. The van der Waals surface area contributed by atoms with E-state index in [0.29, 0.717) is 17.5 Å². The molecule has 0 aromatic heterocycles. The third kappa shape index (κ3) is 4.92. The van der Waals surface area contributed by atoms with E-state index in [0.717, 1.165) is 11.1 Å². The lowest BCUT2D eigenvalue weighted by molar-refractivity contribution is -0.143. The van der Waals surface area contributed by atoms with Crippen LogP contribution in [-0.4, -0.2) is 5.91 Å². The number of benzene rings is 3. The van der Waals surface area contributed by atoms with E-state index in [2.05, 4.69) is 0 Å².